The Morgan fingerprint density at radius 2 is 2.36 bits per heavy atom. The highest BCUT2D eigenvalue weighted by atomic mass is 32.1. The highest BCUT2D eigenvalue weighted by Gasteiger charge is 2.07. The third-order valence-corrected chi connectivity index (χ3v) is 2.63. The molecule has 0 aliphatic carbocycles. The predicted molar refractivity (Wildman–Crippen MR) is 47.7 cm³/mol. The number of rotatable bonds is 3. The zero-order chi connectivity index (χ0) is 8.27. The minimum absolute atomic E-state index is 0.362. The molecular formula is C8H13NOS. The molecule has 3 heteroatoms. The summed E-state index contributed by atoms with van der Waals surface area (Å²) in [6, 6.07) is 3.97. The molecule has 0 bridgehead atoms. The van der Waals surface area contributed by atoms with E-state index in [9.17, 15) is 5.11 Å². The van der Waals surface area contributed by atoms with Crippen LogP contribution in [0.15, 0.2) is 12.1 Å². The molecule has 0 radical (unpaired) electrons. The average Bonchev–Trinajstić information content (AvgIpc) is 2.36. The van der Waals surface area contributed by atoms with Gasteiger partial charge >= 0.3 is 0 Å². The Balaban J connectivity index is 2.60. The molecule has 0 amide bonds. The molecule has 62 valence electrons. The van der Waals surface area contributed by atoms with Gasteiger partial charge in [0.15, 0.2) is 0 Å². The quantitative estimate of drug-likeness (QED) is 0.723. The van der Waals surface area contributed by atoms with Crippen LogP contribution in [0.25, 0.3) is 0 Å². The van der Waals surface area contributed by atoms with Crippen LogP contribution in [0.1, 0.15) is 22.3 Å². The van der Waals surface area contributed by atoms with Crippen molar-refractivity contribution < 1.29 is 5.11 Å². The van der Waals surface area contributed by atoms with Crippen molar-refractivity contribution in [1.82, 2.24) is 0 Å². The molecular weight excluding hydrogens is 158 g/mol. The standard InChI is InChI=1S/C8H13NOS/c1-6-2-3-8(11-6)7(10)4-5-9/h2-3,7,10H,4-5,9H2,1H3. The second-order valence-electron chi connectivity index (χ2n) is 2.54. The molecule has 1 unspecified atom stereocenters. The minimum Gasteiger partial charge on any atom is -0.388 e. The van der Waals surface area contributed by atoms with E-state index in [1.54, 1.807) is 11.3 Å². The SMILES string of the molecule is Cc1ccc(C(O)CCN)s1. The van der Waals surface area contributed by atoms with Gasteiger partial charge in [0.25, 0.3) is 0 Å². The zero-order valence-electron chi connectivity index (χ0n) is 6.58. The molecule has 0 fully saturated rings. The Labute approximate surface area is 70.7 Å². The van der Waals surface area contributed by atoms with E-state index in [0.29, 0.717) is 13.0 Å². The van der Waals surface area contributed by atoms with Gasteiger partial charge in [-0.2, -0.15) is 0 Å². The van der Waals surface area contributed by atoms with Crippen molar-refractivity contribution in [3.63, 3.8) is 0 Å². The van der Waals surface area contributed by atoms with Crippen molar-refractivity contribution in [2.45, 2.75) is 19.4 Å². The number of aliphatic hydroxyl groups is 1. The van der Waals surface area contributed by atoms with E-state index in [-0.39, 0.29) is 6.10 Å². The van der Waals surface area contributed by atoms with E-state index in [0.717, 1.165) is 4.88 Å². The maximum absolute atomic E-state index is 9.46. The first-order chi connectivity index (χ1) is 5.24. The minimum atomic E-state index is -0.362. The van der Waals surface area contributed by atoms with Crippen molar-refractivity contribution in [3.05, 3.63) is 21.9 Å². The Bertz CT molecular complexity index is 222. The first-order valence-electron chi connectivity index (χ1n) is 3.68. The Kier molecular flexibility index (Phi) is 3.05. The summed E-state index contributed by atoms with van der Waals surface area (Å²) in [5.74, 6) is 0. The van der Waals surface area contributed by atoms with Gasteiger partial charge in [-0.1, -0.05) is 0 Å². The van der Waals surface area contributed by atoms with Gasteiger partial charge < -0.3 is 10.8 Å². The van der Waals surface area contributed by atoms with Gasteiger partial charge in [-0.05, 0) is 32.0 Å². The summed E-state index contributed by atoms with van der Waals surface area (Å²) in [5.41, 5.74) is 5.32. The van der Waals surface area contributed by atoms with Crippen molar-refractivity contribution >= 4 is 11.3 Å². The van der Waals surface area contributed by atoms with E-state index in [1.807, 2.05) is 19.1 Å². The van der Waals surface area contributed by atoms with Gasteiger partial charge in [0.2, 0.25) is 0 Å². The second kappa shape index (κ2) is 3.85. The fraction of sp³-hybridized carbons (Fsp3) is 0.500. The lowest BCUT2D eigenvalue weighted by Gasteiger charge is -2.04. The molecule has 1 aromatic heterocycles. The van der Waals surface area contributed by atoms with Gasteiger partial charge in [0.1, 0.15) is 0 Å². The number of aryl methyl sites for hydroxylation is 1. The summed E-state index contributed by atoms with van der Waals surface area (Å²) < 4.78 is 0. The zero-order valence-corrected chi connectivity index (χ0v) is 7.40. The first kappa shape index (κ1) is 8.71. The summed E-state index contributed by atoms with van der Waals surface area (Å²) in [5, 5.41) is 9.46. The largest absolute Gasteiger partial charge is 0.388 e. The third-order valence-electron chi connectivity index (χ3n) is 1.53. The second-order valence-corrected chi connectivity index (χ2v) is 3.86. The van der Waals surface area contributed by atoms with E-state index in [2.05, 4.69) is 0 Å². The fourth-order valence-corrected chi connectivity index (χ4v) is 1.83. The predicted octanol–water partition coefficient (Wildman–Crippen LogP) is 1.44. The lowest BCUT2D eigenvalue weighted by molar-refractivity contribution is 0.174. The normalized spacial score (nSPS) is 13.4. The van der Waals surface area contributed by atoms with Gasteiger partial charge in [0.05, 0.1) is 6.10 Å². The lowest BCUT2D eigenvalue weighted by atomic mass is 10.2. The van der Waals surface area contributed by atoms with Gasteiger partial charge in [-0.3, -0.25) is 0 Å². The van der Waals surface area contributed by atoms with E-state index < -0.39 is 0 Å². The molecule has 0 saturated carbocycles. The van der Waals surface area contributed by atoms with Crippen molar-refractivity contribution in [3.8, 4) is 0 Å². The van der Waals surface area contributed by atoms with Gasteiger partial charge in [-0.15, -0.1) is 11.3 Å². The van der Waals surface area contributed by atoms with Crippen molar-refractivity contribution in [2.24, 2.45) is 5.73 Å². The molecule has 2 nitrogen and oxygen atoms in total. The fourth-order valence-electron chi connectivity index (χ4n) is 0.933. The Morgan fingerprint density at radius 1 is 1.64 bits per heavy atom. The van der Waals surface area contributed by atoms with E-state index >= 15 is 0 Å². The maximum atomic E-state index is 9.46. The molecule has 0 saturated heterocycles. The number of thiophene rings is 1. The summed E-state index contributed by atoms with van der Waals surface area (Å²) in [6.45, 7) is 2.57. The molecule has 1 atom stereocenters. The van der Waals surface area contributed by atoms with Crippen LogP contribution in [0.2, 0.25) is 0 Å². The van der Waals surface area contributed by atoms with Gasteiger partial charge in [-0.25, -0.2) is 0 Å². The number of aliphatic hydroxyl groups excluding tert-OH is 1. The molecule has 1 aromatic rings. The summed E-state index contributed by atoms with van der Waals surface area (Å²) >= 11 is 1.63. The number of nitrogens with two attached hydrogens (primary N) is 1. The van der Waals surface area contributed by atoms with Crippen LogP contribution in [0, 0.1) is 6.92 Å². The Hall–Kier alpha value is -0.380. The van der Waals surface area contributed by atoms with E-state index in [4.69, 9.17) is 5.73 Å². The molecule has 11 heavy (non-hydrogen) atoms. The number of hydrogen-bond donors (Lipinski definition) is 2. The molecule has 0 aliphatic heterocycles. The molecule has 0 aromatic carbocycles. The first-order valence-corrected chi connectivity index (χ1v) is 4.50. The van der Waals surface area contributed by atoms with Gasteiger partial charge in [0, 0.05) is 9.75 Å². The van der Waals surface area contributed by atoms with E-state index in [1.165, 1.54) is 4.88 Å². The van der Waals surface area contributed by atoms with Crippen LogP contribution in [-0.4, -0.2) is 11.7 Å². The van der Waals surface area contributed by atoms with Crippen LogP contribution in [0.3, 0.4) is 0 Å². The molecule has 0 spiro atoms. The van der Waals surface area contributed by atoms with Crippen LogP contribution < -0.4 is 5.73 Å². The topological polar surface area (TPSA) is 46.2 Å². The van der Waals surface area contributed by atoms with Crippen LogP contribution in [-0.2, 0) is 0 Å². The maximum Gasteiger partial charge on any atom is 0.0894 e. The van der Waals surface area contributed by atoms with Crippen molar-refractivity contribution in [1.29, 1.82) is 0 Å². The highest BCUT2D eigenvalue weighted by Crippen LogP contribution is 2.24. The molecule has 1 heterocycles. The van der Waals surface area contributed by atoms with Crippen LogP contribution in [0.5, 0.6) is 0 Å². The summed E-state index contributed by atoms with van der Waals surface area (Å²) in [7, 11) is 0. The highest BCUT2D eigenvalue weighted by molar-refractivity contribution is 7.11. The molecule has 3 N–H and O–H groups in total. The van der Waals surface area contributed by atoms with Crippen LogP contribution >= 0.6 is 11.3 Å². The van der Waals surface area contributed by atoms with Crippen molar-refractivity contribution in [2.75, 3.05) is 6.54 Å². The van der Waals surface area contributed by atoms with Crippen LogP contribution in [0.4, 0.5) is 0 Å². The summed E-state index contributed by atoms with van der Waals surface area (Å²) in [6.07, 6.45) is 0.290. The lowest BCUT2D eigenvalue weighted by Crippen LogP contribution is -2.05. The Morgan fingerprint density at radius 3 is 2.82 bits per heavy atom. The number of hydrogen-bond acceptors (Lipinski definition) is 3. The molecule has 1 rings (SSSR count). The molecule has 0 aliphatic rings. The monoisotopic (exact) mass is 171 g/mol. The summed E-state index contributed by atoms with van der Waals surface area (Å²) in [4.78, 5) is 2.25. The smallest absolute Gasteiger partial charge is 0.0894 e. The average molecular weight is 171 g/mol. The third kappa shape index (κ3) is 2.29.